The molecule has 94 valence electrons. The zero-order valence-corrected chi connectivity index (χ0v) is 10.7. The zero-order chi connectivity index (χ0) is 12.5. The number of phenols is 1. The molecule has 0 heterocycles. The van der Waals surface area contributed by atoms with Crippen molar-refractivity contribution in [3.63, 3.8) is 0 Å². The molecule has 1 aliphatic carbocycles. The van der Waals surface area contributed by atoms with E-state index in [1.54, 1.807) is 12.1 Å². The van der Waals surface area contributed by atoms with E-state index in [1.165, 1.54) is 12.8 Å². The van der Waals surface area contributed by atoms with Crippen LogP contribution in [-0.4, -0.2) is 17.3 Å². The van der Waals surface area contributed by atoms with Gasteiger partial charge in [-0.25, -0.2) is 0 Å². The van der Waals surface area contributed by atoms with Crippen LogP contribution in [-0.2, 0) is 0 Å². The maximum atomic E-state index is 9.83. The highest BCUT2D eigenvalue weighted by Gasteiger charge is 2.24. The van der Waals surface area contributed by atoms with Gasteiger partial charge in [-0.2, -0.15) is 0 Å². The lowest BCUT2D eigenvalue weighted by molar-refractivity contribution is 0.118. The Morgan fingerprint density at radius 1 is 1.29 bits per heavy atom. The molecule has 0 unspecified atom stereocenters. The number of para-hydroxylation sites is 1. The molecular weight excluding hydrogens is 216 g/mol. The molecule has 3 heteroatoms. The summed E-state index contributed by atoms with van der Waals surface area (Å²) in [6.07, 6.45) is 2.49. The number of hydrogen-bond acceptors (Lipinski definition) is 3. The molecule has 0 radical (unpaired) electrons. The van der Waals surface area contributed by atoms with E-state index >= 15 is 0 Å². The molecular formula is C14H20O3. The van der Waals surface area contributed by atoms with Crippen LogP contribution in [0.5, 0.6) is 17.2 Å². The fourth-order valence-electron chi connectivity index (χ4n) is 1.52. The van der Waals surface area contributed by atoms with Crippen molar-refractivity contribution in [1.82, 2.24) is 0 Å². The number of benzene rings is 1. The lowest BCUT2D eigenvalue weighted by atomic mass is 10.2. The summed E-state index contributed by atoms with van der Waals surface area (Å²) in [6, 6.07) is 5.22. The summed E-state index contributed by atoms with van der Waals surface area (Å²) in [4.78, 5) is 0. The van der Waals surface area contributed by atoms with Gasteiger partial charge in [-0.15, -0.1) is 0 Å². The number of ether oxygens (including phenoxy) is 2. The normalized spacial score (nSPS) is 15.7. The highest BCUT2D eigenvalue weighted by molar-refractivity contribution is 5.50. The Balaban J connectivity index is 2.14. The molecule has 0 atom stereocenters. The zero-order valence-electron chi connectivity index (χ0n) is 10.7. The maximum absolute atomic E-state index is 9.83. The molecule has 1 aromatic carbocycles. The molecule has 0 bridgehead atoms. The number of rotatable bonds is 4. The molecule has 0 aliphatic heterocycles. The van der Waals surface area contributed by atoms with E-state index in [0.29, 0.717) is 24.0 Å². The van der Waals surface area contributed by atoms with Gasteiger partial charge in [0.05, 0.1) is 6.61 Å². The molecule has 0 aromatic heterocycles. The highest BCUT2D eigenvalue weighted by atomic mass is 16.5. The minimum atomic E-state index is -0.351. The minimum absolute atomic E-state index is 0.133. The van der Waals surface area contributed by atoms with Crippen molar-refractivity contribution < 1.29 is 14.6 Å². The molecule has 0 spiro atoms. The largest absolute Gasteiger partial charge is 0.504 e. The van der Waals surface area contributed by atoms with Crippen LogP contribution in [0.15, 0.2) is 18.2 Å². The van der Waals surface area contributed by atoms with E-state index in [-0.39, 0.29) is 11.4 Å². The third-order valence-corrected chi connectivity index (χ3v) is 2.54. The van der Waals surface area contributed by atoms with Crippen LogP contribution in [0, 0.1) is 5.92 Å². The molecule has 1 saturated carbocycles. The third kappa shape index (κ3) is 3.55. The fraction of sp³-hybridized carbons (Fsp3) is 0.571. The van der Waals surface area contributed by atoms with Crippen LogP contribution in [0.25, 0.3) is 0 Å². The van der Waals surface area contributed by atoms with Gasteiger partial charge in [-0.1, -0.05) is 6.07 Å². The Morgan fingerprint density at radius 3 is 2.59 bits per heavy atom. The first-order valence-electron chi connectivity index (χ1n) is 6.09. The molecule has 0 amide bonds. The van der Waals surface area contributed by atoms with E-state index in [0.717, 1.165) is 0 Å². The summed E-state index contributed by atoms with van der Waals surface area (Å²) < 4.78 is 11.4. The predicted molar refractivity (Wildman–Crippen MR) is 66.7 cm³/mol. The van der Waals surface area contributed by atoms with Crippen LogP contribution in [0.3, 0.4) is 0 Å². The molecule has 1 aliphatic rings. The van der Waals surface area contributed by atoms with Crippen LogP contribution in [0.1, 0.15) is 33.6 Å². The van der Waals surface area contributed by atoms with Gasteiger partial charge in [0.1, 0.15) is 5.60 Å². The molecule has 2 rings (SSSR count). The van der Waals surface area contributed by atoms with E-state index in [2.05, 4.69) is 0 Å². The highest BCUT2D eigenvalue weighted by Crippen LogP contribution is 2.39. The Morgan fingerprint density at radius 2 is 2.00 bits per heavy atom. The summed E-state index contributed by atoms with van der Waals surface area (Å²) in [5.74, 6) is 1.89. The summed E-state index contributed by atoms with van der Waals surface area (Å²) in [6.45, 7) is 6.56. The Labute approximate surface area is 102 Å². The average Bonchev–Trinajstić information content (AvgIpc) is 3.01. The van der Waals surface area contributed by atoms with Crippen molar-refractivity contribution in [2.75, 3.05) is 6.61 Å². The Bertz CT molecular complexity index is 389. The van der Waals surface area contributed by atoms with Crippen LogP contribution in [0.2, 0.25) is 0 Å². The second-order valence-corrected chi connectivity index (χ2v) is 5.57. The van der Waals surface area contributed by atoms with Crippen molar-refractivity contribution in [3.8, 4) is 17.2 Å². The molecule has 1 aromatic rings. The summed E-state index contributed by atoms with van der Waals surface area (Å²) in [5.41, 5.74) is -0.351. The number of aromatic hydroxyl groups is 1. The van der Waals surface area contributed by atoms with Crippen molar-refractivity contribution >= 4 is 0 Å². The van der Waals surface area contributed by atoms with Gasteiger partial charge in [-0.3, -0.25) is 0 Å². The average molecular weight is 236 g/mol. The summed E-state index contributed by atoms with van der Waals surface area (Å²) in [7, 11) is 0. The monoisotopic (exact) mass is 236 g/mol. The summed E-state index contributed by atoms with van der Waals surface area (Å²) in [5, 5.41) is 9.83. The Hall–Kier alpha value is -1.38. The van der Waals surface area contributed by atoms with Crippen molar-refractivity contribution in [2.24, 2.45) is 5.92 Å². The topological polar surface area (TPSA) is 38.7 Å². The molecule has 3 nitrogen and oxygen atoms in total. The van der Waals surface area contributed by atoms with Crippen LogP contribution >= 0.6 is 0 Å². The molecule has 17 heavy (non-hydrogen) atoms. The first-order valence-corrected chi connectivity index (χ1v) is 6.09. The van der Waals surface area contributed by atoms with Crippen LogP contribution < -0.4 is 9.47 Å². The molecule has 1 N–H and O–H groups in total. The van der Waals surface area contributed by atoms with Gasteiger partial charge < -0.3 is 14.6 Å². The quantitative estimate of drug-likeness (QED) is 0.871. The van der Waals surface area contributed by atoms with Gasteiger partial charge in [0.2, 0.25) is 5.75 Å². The standard InChI is InChI=1S/C14H20O3/c1-14(2,3)17-13-11(15)5-4-6-12(13)16-9-10-7-8-10/h4-6,10,15H,7-9H2,1-3H3. The minimum Gasteiger partial charge on any atom is -0.504 e. The lowest BCUT2D eigenvalue weighted by Crippen LogP contribution is -2.23. The van der Waals surface area contributed by atoms with Gasteiger partial charge in [0.25, 0.3) is 0 Å². The predicted octanol–water partition coefficient (Wildman–Crippen LogP) is 3.36. The van der Waals surface area contributed by atoms with Crippen LogP contribution in [0.4, 0.5) is 0 Å². The van der Waals surface area contributed by atoms with Gasteiger partial charge in [0.15, 0.2) is 11.5 Å². The smallest absolute Gasteiger partial charge is 0.203 e. The van der Waals surface area contributed by atoms with Gasteiger partial charge in [-0.05, 0) is 51.7 Å². The number of phenolic OH excluding ortho intramolecular Hbond substituents is 1. The molecule has 1 fully saturated rings. The van der Waals surface area contributed by atoms with Crippen molar-refractivity contribution in [2.45, 2.75) is 39.2 Å². The third-order valence-electron chi connectivity index (χ3n) is 2.54. The Kier molecular flexibility index (Phi) is 3.18. The van der Waals surface area contributed by atoms with E-state index in [9.17, 15) is 5.11 Å². The fourth-order valence-corrected chi connectivity index (χ4v) is 1.52. The molecule has 0 saturated heterocycles. The van der Waals surface area contributed by atoms with Crippen molar-refractivity contribution in [3.05, 3.63) is 18.2 Å². The maximum Gasteiger partial charge on any atom is 0.203 e. The van der Waals surface area contributed by atoms with Gasteiger partial charge >= 0.3 is 0 Å². The summed E-state index contributed by atoms with van der Waals surface area (Å²) >= 11 is 0. The number of hydrogen-bond donors (Lipinski definition) is 1. The lowest BCUT2D eigenvalue weighted by Gasteiger charge is -2.23. The van der Waals surface area contributed by atoms with Crippen molar-refractivity contribution in [1.29, 1.82) is 0 Å². The van der Waals surface area contributed by atoms with E-state index in [1.807, 2.05) is 26.8 Å². The second kappa shape index (κ2) is 4.47. The first-order chi connectivity index (χ1) is 7.96. The van der Waals surface area contributed by atoms with E-state index < -0.39 is 0 Å². The second-order valence-electron chi connectivity index (χ2n) is 5.57. The SMILES string of the molecule is CC(C)(C)Oc1c(O)cccc1OCC1CC1. The first kappa shape index (κ1) is 12.1. The van der Waals surface area contributed by atoms with Gasteiger partial charge in [0, 0.05) is 0 Å². The van der Waals surface area contributed by atoms with E-state index in [4.69, 9.17) is 9.47 Å².